The standard InChI is InChI=1S/C18H19F2N3O2S.C17H17F2N3O2S/c1-9-7-24-16(22-9)15-6-13-10(2)26-17(21)23-18(13,8-25-15)12-4-3-11(19)5-14(12)20;1-9-12-7-14(15-21-4-5-23-15)24-8-17(12,22-16(20)25-9)11-3-2-10(18)6-13(11)19/h3-5,7,10,13,15H,6,8H2,1-2H3,(H2,21,23);2-6,9,12,14H,7-8H2,1H3,(H2,20,22)/t10-,13?,15-,18?;9-,12?,14-,17?/m11/s1. The number of rotatable bonds is 4. The average molecular weight is 745 g/mol. The number of thioether (sulfide) groups is 2. The third-order valence-electron chi connectivity index (χ3n) is 9.97. The first kappa shape index (κ1) is 35.5. The SMILES string of the molecule is C[C@H]1SC(N)=NC2(c3ccc(F)cc3F)CO[C@@H](c3ncco3)CC12.Cc1coc([C@H]2CC3[C@@H](C)SC(N)=NC3(c3ccc(F)cc3F)CO2)n1. The number of fused-ring (bicyclic) bond motifs is 2. The van der Waals surface area contributed by atoms with Gasteiger partial charge in [-0.1, -0.05) is 49.5 Å². The molecular formula is C35H36F4N6O4S2. The van der Waals surface area contributed by atoms with Crippen LogP contribution in [0.25, 0.3) is 0 Å². The molecule has 0 saturated carbocycles. The van der Waals surface area contributed by atoms with Gasteiger partial charge in [0.1, 0.15) is 59.1 Å². The summed E-state index contributed by atoms with van der Waals surface area (Å²) in [5.41, 5.74) is 11.4. The Bertz CT molecular complexity index is 1960. The zero-order valence-corrected chi connectivity index (χ0v) is 29.5. The second kappa shape index (κ2) is 13.9. The average Bonchev–Trinajstić information content (AvgIpc) is 3.77. The molecule has 8 atom stereocenters. The number of aliphatic imine (C=N–C) groups is 2. The van der Waals surface area contributed by atoms with Crippen LogP contribution in [0.3, 0.4) is 0 Å². The van der Waals surface area contributed by atoms with Crippen LogP contribution >= 0.6 is 23.5 Å². The van der Waals surface area contributed by atoms with Crippen LogP contribution in [0.5, 0.6) is 0 Å². The van der Waals surface area contributed by atoms with E-state index in [1.807, 2.05) is 20.8 Å². The number of aryl methyl sites for hydroxylation is 1. The number of benzene rings is 2. The number of halogens is 4. The van der Waals surface area contributed by atoms with Gasteiger partial charge in [-0.2, -0.15) is 0 Å². The Morgan fingerprint density at radius 3 is 1.69 bits per heavy atom. The van der Waals surface area contributed by atoms with Crippen LogP contribution in [-0.4, -0.2) is 44.0 Å². The van der Waals surface area contributed by atoms with Crippen molar-refractivity contribution in [3.63, 3.8) is 0 Å². The lowest BCUT2D eigenvalue weighted by Crippen LogP contribution is -2.51. The van der Waals surface area contributed by atoms with E-state index in [0.717, 1.165) is 17.8 Å². The molecule has 10 nitrogen and oxygen atoms in total. The van der Waals surface area contributed by atoms with E-state index in [4.69, 9.17) is 29.8 Å². The topological polar surface area (TPSA) is 147 Å². The summed E-state index contributed by atoms with van der Waals surface area (Å²) in [7, 11) is 0. The predicted molar refractivity (Wildman–Crippen MR) is 185 cm³/mol. The van der Waals surface area contributed by atoms with Gasteiger partial charge in [-0.05, 0) is 31.9 Å². The molecule has 2 aromatic carbocycles. The minimum absolute atomic E-state index is 0.0598. The van der Waals surface area contributed by atoms with Gasteiger partial charge in [0.2, 0.25) is 11.8 Å². The van der Waals surface area contributed by atoms with Crippen molar-refractivity contribution < 1.29 is 35.9 Å². The van der Waals surface area contributed by atoms with Crippen LogP contribution in [0, 0.1) is 42.0 Å². The van der Waals surface area contributed by atoms with E-state index < -0.39 is 34.3 Å². The van der Waals surface area contributed by atoms with Crippen LogP contribution in [0.15, 0.2) is 73.9 Å². The summed E-state index contributed by atoms with van der Waals surface area (Å²) in [6, 6.07) is 7.11. The highest BCUT2D eigenvalue weighted by atomic mass is 32.2. The van der Waals surface area contributed by atoms with E-state index in [-0.39, 0.29) is 47.8 Å². The number of hydrogen-bond donors (Lipinski definition) is 2. The Kier molecular flexibility index (Phi) is 9.71. The van der Waals surface area contributed by atoms with E-state index >= 15 is 0 Å². The van der Waals surface area contributed by atoms with Crippen LogP contribution in [0.4, 0.5) is 17.6 Å². The highest BCUT2D eigenvalue weighted by Crippen LogP contribution is 2.53. The van der Waals surface area contributed by atoms with Crippen molar-refractivity contribution in [1.82, 2.24) is 9.97 Å². The summed E-state index contributed by atoms with van der Waals surface area (Å²) in [6.07, 6.45) is 5.10. The van der Waals surface area contributed by atoms with Crippen molar-refractivity contribution >= 4 is 33.9 Å². The maximum absolute atomic E-state index is 14.6. The Morgan fingerprint density at radius 1 is 0.745 bits per heavy atom. The minimum Gasteiger partial charge on any atom is -0.446 e. The Labute approximate surface area is 299 Å². The molecule has 0 aliphatic carbocycles. The van der Waals surface area contributed by atoms with Gasteiger partial charge in [0.25, 0.3) is 0 Å². The van der Waals surface area contributed by atoms with Crippen molar-refractivity contribution in [3.8, 4) is 0 Å². The van der Waals surface area contributed by atoms with Gasteiger partial charge in [0, 0.05) is 45.6 Å². The summed E-state index contributed by atoms with van der Waals surface area (Å²) in [5, 5.41) is 0.930. The molecule has 4 unspecified atom stereocenters. The molecule has 0 radical (unpaired) electrons. The van der Waals surface area contributed by atoms with Gasteiger partial charge in [0.15, 0.2) is 10.3 Å². The summed E-state index contributed by atoms with van der Waals surface area (Å²) in [5.74, 6) is -1.65. The third kappa shape index (κ3) is 6.66. The first-order valence-corrected chi connectivity index (χ1v) is 18.1. The number of nitrogens with two attached hydrogens (primary N) is 2. The van der Waals surface area contributed by atoms with E-state index in [1.54, 1.807) is 12.5 Å². The molecule has 16 heteroatoms. The molecule has 270 valence electrons. The van der Waals surface area contributed by atoms with Gasteiger partial charge in [-0.25, -0.2) is 37.5 Å². The van der Waals surface area contributed by atoms with Crippen molar-refractivity contribution in [2.45, 2.75) is 67.4 Å². The van der Waals surface area contributed by atoms with Crippen LogP contribution < -0.4 is 11.5 Å². The van der Waals surface area contributed by atoms with Crippen molar-refractivity contribution in [2.24, 2.45) is 33.3 Å². The van der Waals surface area contributed by atoms with Crippen molar-refractivity contribution in [3.05, 3.63) is 107 Å². The highest BCUT2D eigenvalue weighted by molar-refractivity contribution is 8.14. The summed E-state index contributed by atoms with van der Waals surface area (Å²) in [6.45, 7) is 6.16. The van der Waals surface area contributed by atoms with Crippen molar-refractivity contribution in [2.75, 3.05) is 13.2 Å². The number of oxazole rings is 2. The Morgan fingerprint density at radius 2 is 1.25 bits per heavy atom. The predicted octanol–water partition coefficient (Wildman–Crippen LogP) is 7.06. The molecule has 4 aliphatic rings. The zero-order chi connectivity index (χ0) is 36.1. The third-order valence-corrected chi connectivity index (χ3v) is 12.0. The number of nitrogens with zero attached hydrogens (tertiary/aromatic N) is 4. The lowest BCUT2D eigenvalue weighted by Gasteiger charge is -2.48. The van der Waals surface area contributed by atoms with E-state index in [2.05, 4.69) is 20.0 Å². The fraction of sp³-hybridized carbons (Fsp3) is 0.429. The van der Waals surface area contributed by atoms with Crippen LogP contribution in [-0.2, 0) is 20.6 Å². The second-order valence-electron chi connectivity index (χ2n) is 13.1. The number of amidine groups is 2. The number of hydrogen-bond acceptors (Lipinski definition) is 12. The maximum Gasteiger partial charge on any atom is 0.223 e. The lowest BCUT2D eigenvalue weighted by atomic mass is 9.72. The summed E-state index contributed by atoms with van der Waals surface area (Å²) < 4.78 is 78.8. The molecule has 51 heavy (non-hydrogen) atoms. The Balaban J connectivity index is 0.000000159. The largest absolute Gasteiger partial charge is 0.446 e. The Hall–Kier alpha value is -3.86. The molecule has 0 spiro atoms. The fourth-order valence-corrected chi connectivity index (χ4v) is 9.85. The summed E-state index contributed by atoms with van der Waals surface area (Å²) >= 11 is 2.91. The van der Waals surface area contributed by atoms with Gasteiger partial charge < -0.3 is 29.8 Å². The van der Waals surface area contributed by atoms with Crippen LogP contribution in [0.1, 0.15) is 67.5 Å². The fourth-order valence-electron chi connectivity index (χ4n) is 7.65. The number of ether oxygens (including phenoxy) is 2. The molecule has 2 saturated heterocycles. The molecule has 2 fully saturated rings. The van der Waals surface area contributed by atoms with Gasteiger partial charge in [0.05, 0.1) is 25.1 Å². The maximum atomic E-state index is 14.6. The van der Waals surface area contributed by atoms with E-state index in [1.165, 1.54) is 54.1 Å². The first-order valence-electron chi connectivity index (χ1n) is 16.4. The molecule has 4 aromatic rings. The second-order valence-corrected chi connectivity index (χ2v) is 15.9. The quantitative estimate of drug-likeness (QED) is 0.208. The molecule has 6 heterocycles. The smallest absolute Gasteiger partial charge is 0.223 e. The molecule has 0 amide bonds. The van der Waals surface area contributed by atoms with E-state index in [0.29, 0.717) is 46.1 Å². The molecule has 2 aromatic heterocycles. The lowest BCUT2D eigenvalue weighted by molar-refractivity contribution is -0.0749. The molecular weight excluding hydrogens is 709 g/mol. The molecule has 8 rings (SSSR count). The van der Waals surface area contributed by atoms with Gasteiger partial charge >= 0.3 is 0 Å². The van der Waals surface area contributed by atoms with Gasteiger partial charge in [-0.3, -0.25) is 0 Å². The van der Waals surface area contributed by atoms with Crippen LogP contribution in [0.2, 0.25) is 0 Å². The highest BCUT2D eigenvalue weighted by Gasteiger charge is 2.54. The van der Waals surface area contributed by atoms with E-state index in [9.17, 15) is 17.6 Å². The first-order chi connectivity index (χ1) is 24.4. The molecule has 4 aliphatic heterocycles. The number of aromatic nitrogens is 2. The zero-order valence-electron chi connectivity index (χ0n) is 27.9. The normalized spacial score (nSPS) is 31.7. The molecule has 4 N–H and O–H groups in total. The molecule has 0 bridgehead atoms. The van der Waals surface area contributed by atoms with Crippen molar-refractivity contribution in [1.29, 1.82) is 0 Å². The summed E-state index contributed by atoms with van der Waals surface area (Å²) in [4.78, 5) is 17.7. The van der Waals surface area contributed by atoms with Gasteiger partial charge in [-0.15, -0.1) is 0 Å². The monoisotopic (exact) mass is 744 g/mol. The minimum atomic E-state index is -0.981.